The highest BCUT2D eigenvalue weighted by atomic mass is 16.5. The quantitative estimate of drug-likeness (QED) is 0.593. The number of fused-ring (bicyclic) bond motifs is 1. The van der Waals surface area contributed by atoms with Crippen LogP contribution < -0.4 is 0 Å². The van der Waals surface area contributed by atoms with Gasteiger partial charge in [0.05, 0.1) is 18.2 Å². The number of ketones is 1. The summed E-state index contributed by atoms with van der Waals surface area (Å²) in [6.45, 7) is 0.592. The van der Waals surface area contributed by atoms with Crippen molar-refractivity contribution in [2.75, 3.05) is 6.61 Å². The number of ether oxygens (including phenoxy) is 1. The maximum absolute atomic E-state index is 11.3. The lowest BCUT2D eigenvalue weighted by atomic mass is 10.00. The van der Waals surface area contributed by atoms with Crippen LogP contribution >= 0.6 is 0 Å². The summed E-state index contributed by atoms with van der Waals surface area (Å²) < 4.78 is 5.05. The van der Waals surface area contributed by atoms with Gasteiger partial charge in [0.1, 0.15) is 6.61 Å². The van der Waals surface area contributed by atoms with E-state index in [1.54, 1.807) is 18.2 Å². The number of hydrogen-bond acceptors (Lipinski definition) is 3. The van der Waals surface area contributed by atoms with Crippen LogP contribution in [0, 0.1) is 11.3 Å². The van der Waals surface area contributed by atoms with Crippen molar-refractivity contribution >= 4 is 5.78 Å². The Bertz CT molecular complexity index is 404. The topological polar surface area (TPSA) is 50.1 Å². The summed E-state index contributed by atoms with van der Waals surface area (Å²) in [5.41, 5.74) is 2.02. The fourth-order valence-corrected chi connectivity index (χ4v) is 1.36. The van der Waals surface area contributed by atoms with E-state index in [2.05, 4.69) is 0 Å². The first kappa shape index (κ1) is 7.96. The summed E-state index contributed by atoms with van der Waals surface area (Å²) in [6, 6.07) is 7.09. The molecule has 1 aromatic carbocycles. The highest BCUT2D eigenvalue weighted by Gasteiger charge is 2.17. The number of benzene rings is 1. The number of nitrogens with zero attached hydrogens (tertiary/aromatic N) is 1. The molecule has 0 aliphatic carbocycles. The number of carbonyl (C=O) groups is 1. The zero-order valence-corrected chi connectivity index (χ0v) is 6.91. The van der Waals surface area contributed by atoms with Crippen LogP contribution in [-0.4, -0.2) is 12.4 Å². The molecule has 3 heteroatoms. The van der Waals surface area contributed by atoms with Gasteiger partial charge in [0, 0.05) is 5.56 Å². The molecule has 1 aliphatic heterocycles. The normalized spacial score (nSPS) is 14.8. The second kappa shape index (κ2) is 3.00. The van der Waals surface area contributed by atoms with Crippen molar-refractivity contribution in [3.05, 3.63) is 34.9 Å². The molecule has 1 aromatic rings. The van der Waals surface area contributed by atoms with Gasteiger partial charge in [0.2, 0.25) is 0 Å². The Morgan fingerprint density at radius 3 is 3.00 bits per heavy atom. The molecule has 3 nitrogen and oxygen atoms in total. The van der Waals surface area contributed by atoms with Gasteiger partial charge in [0.15, 0.2) is 5.78 Å². The molecule has 0 saturated carbocycles. The second-order valence-electron chi connectivity index (χ2n) is 2.90. The van der Waals surface area contributed by atoms with Crippen LogP contribution in [0.5, 0.6) is 0 Å². The third kappa shape index (κ3) is 1.32. The minimum Gasteiger partial charge on any atom is -0.369 e. The molecule has 2 rings (SSSR count). The molecule has 0 saturated heterocycles. The Morgan fingerprint density at radius 2 is 2.23 bits per heavy atom. The standard InChI is InChI=1S/C10H7NO2/c11-4-7-1-2-8-5-13-6-10(12)9(8)3-7/h1-3H,5-6H2. The largest absolute Gasteiger partial charge is 0.369 e. The van der Waals surface area contributed by atoms with Crippen LogP contribution in [0.25, 0.3) is 0 Å². The Morgan fingerprint density at radius 1 is 1.38 bits per heavy atom. The van der Waals surface area contributed by atoms with Gasteiger partial charge in [0.25, 0.3) is 0 Å². The van der Waals surface area contributed by atoms with E-state index in [0.29, 0.717) is 17.7 Å². The maximum Gasteiger partial charge on any atom is 0.188 e. The molecular weight excluding hydrogens is 166 g/mol. The first-order valence-corrected chi connectivity index (χ1v) is 3.95. The summed E-state index contributed by atoms with van der Waals surface area (Å²) >= 11 is 0. The zero-order valence-electron chi connectivity index (χ0n) is 6.91. The summed E-state index contributed by atoms with van der Waals surface area (Å²) in [5.74, 6) is -0.0432. The van der Waals surface area contributed by atoms with Gasteiger partial charge in [-0.25, -0.2) is 0 Å². The van der Waals surface area contributed by atoms with Crippen molar-refractivity contribution in [3.8, 4) is 6.07 Å². The number of Topliss-reactive ketones (excluding diaryl/α,β-unsaturated/α-hetero) is 1. The third-order valence-electron chi connectivity index (χ3n) is 2.03. The van der Waals surface area contributed by atoms with E-state index < -0.39 is 0 Å². The average molecular weight is 173 g/mol. The lowest BCUT2D eigenvalue weighted by Crippen LogP contribution is -2.18. The molecule has 13 heavy (non-hydrogen) atoms. The SMILES string of the molecule is N#Cc1ccc2c(c1)C(=O)COC2. The smallest absolute Gasteiger partial charge is 0.188 e. The highest BCUT2D eigenvalue weighted by molar-refractivity contribution is 5.99. The molecule has 0 N–H and O–H groups in total. The summed E-state index contributed by atoms with van der Waals surface area (Å²) in [7, 11) is 0. The predicted molar refractivity (Wildman–Crippen MR) is 45.1 cm³/mol. The fourth-order valence-electron chi connectivity index (χ4n) is 1.36. The van der Waals surface area contributed by atoms with Gasteiger partial charge in [-0.3, -0.25) is 4.79 Å². The molecule has 0 fully saturated rings. The molecule has 0 bridgehead atoms. The highest BCUT2D eigenvalue weighted by Crippen LogP contribution is 2.17. The summed E-state index contributed by atoms with van der Waals surface area (Å²) in [5, 5.41) is 8.63. The Kier molecular flexibility index (Phi) is 1.84. The van der Waals surface area contributed by atoms with Crippen LogP contribution in [0.2, 0.25) is 0 Å². The maximum atomic E-state index is 11.3. The van der Waals surface area contributed by atoms with Crippen molar-refractivity contribution in [3.63, 3.8) is 0 Å². The van der Waals surface area contributed by atoms with Crippen LogP contribution in [-0.2, 0) is 11.3 Å². The van der Waals surface area contributed by atoms with Crippen LogP contribution in [0.4, 0.5) is 0 Å². The van der Waals surface area contributed by atoms with Crippen molar-refractivity contribution in [2.24, 2.45) is 0 Å². The molecule has 1 aliphatic rings. The van der Waals surface area contributed by atoms with Crippen molar-refractivity contribution in [1.29, 1.82) is 5.26 Å². The lowest BCUT2D eigenvalue weighted by Gasteiger charge is -2.14. The van der Waals surface area contributed by atoms with E-state index in [9.17, 15) is 4.79 Å². The molecule has 64 valence electrons. The summed E-state index contributed by atoms with van der Waals surface area (Å²) in [6.07, 6.45) is 0. The van der Waals surface area contributed by atoms with Crippen molar-refractivity contribution in [2.45, 2.75) is 6.61 Å². The first-order valence-electron chi connectivity index (χ1n) is 3.95. The lowest BCUT2D eigenvalue weighted by molar-refractivity contribution is 0.0665. The van der Waals surface area contributed by atoms with E-state index in [1.165, 1.54) is 0 Å². The Labute approximate surface area is 75.6 Å². The number of rotatable bonds is 0. The Hall–Kier alpha value is -1.66. The molecule has 0 spiro atoms. The van der Waals surface area contributed by atoms with Gasteiger partial charge >= 0.3 is 0 Å². The van der Waals surface area contributed by atoms with E-state index >= 15 is 0 Å². The molecule has 1 heterocycles. The number of carbonyl (C=O) groups excluding carboxylic acids is 1. The molecule has 0 radical (unpaired) electrons. The van der Waals surface area contributed by atoms with Gasteiger partial charge in [-0.15, -0.1) is 0 Å². The molecule has 0 unspecified atom stereocenters. The van der Waals surface area contributed by atoms with Crippen LogP contribution in [0.1, 0.15) is 21.5 Å². The van der Waals surface area contributed by atoms with E-state index in [-0.39, 0.29) is 12.4 Å². The van der Waals surface area contributed by atoms with Crippen LogP contribution in [0.3, 0.4) is 0 Å². The van der Waals surface area contributed by atoms with E-state index in [1.807, 2.05) is 6.07 Å². The Balaban J connectivity index is 2.55. The molecule has 0 aromatic heterocycles. The minimum absolute atomic E-state index is 0.0432. The van der Waals surface area contributed by atoms with E-state index in [4.69, 9.17) is 10.00 Å². The second-order valence-corrected chi connectivity index (χ2v) is 2.90. The van der Waals surface area contributed by atoms with Gasteiger partial charge in [-0.2, -0.15) is 5.26 Å². The van der Waals surface area contributed by atoms with Gasteiger partial charge < -0.3 is 4.74 Å². The number of hydrogen-bond donors (Lipinski definition) is 0. The predicted octanol–water partition coefficient (Wildman–Crippen LogP) is 1.27. The molecule has 0 atom stereocenters. The average Bonchev–Trinajstić information content (AvgIpc) is 2.18. The molecular formula is C10H7NO2. The zero-order chi connectivity index (χ0) is 9.26. The van der Waals surface area contributed by atoms with Crippen molar-refractivity contribution < 1.29 is 9.53 Å². The minimum atomic E-state index is -0.0432. The third-order valence-corrected chi connectivity index (χ3v) is 2.03. The van der Waals surface area contributed by atoms with E-state index in [0.717, 1.165) is 5.56 Å². The summed E-state index contributed by atoms with van der Waals surface area (Å²) in [4.78, 5) is 11.3. The van der Waals surface area contributed by atoms with Gasteiger partial charge in [-0.1, -0.05) is 6.07 Å². The monoisotopic (exact) mass is 173 g/mol. The van der Waals surface area contributed by atoms with Crippen LogP contribution in [0.15, 0.2) is 18.2 Å². The first-order chi connectivity index (χ1) is 6.31. The molecule has 0 amide bonds. The fraction of sp³-hybridized carbons (Fsp3) is 0.200. The van der Waals surface area contributed by atoms with Gasteiger partial charge in [-0.05, 0) is 17.7 Å². The number of nitriles is 1. The van der Waals surface area contributed by atoms with Crippen molar-refractivity contribution in [1.82, 2.24) is 0 Å².